The van der Waals surface area contributed by atoms with Crippen molar-refractivity contribution < 1.29 is 0 Å². The molecule has 2 aromatic rings. The summed E-state index contributed by atoms with van der Waals surface area (Å²) in [5.41, 5.74) is 1.16. The van der Waals surface area contributed by atoms with E-state index in [2.05, 4.69) is 9.98 Å². The molecule has 0 saturated carbocycles. The summed E-state index contributed by atoms with van der Waals surface area (Å²) in [7, 11) is 0. The number of aromatic nitrogens is 1. The third-order valence-electron chi connectivity index (χ3n) is 2.03. The van der Waals surface area contributed by atoms with E-state index in [1.165, 1.54) is 0 Å². The van der Waals surface area contributed by atoms with Gasteiger partial charge in [0.2, 0.25) is 0 Å². The van der Waals surface area contributed by atoms with Crippen LogP contribution in [0.25, 0.3) is 6.08 Å². The predicted molar refractivity (Wildman–Crippen MR) is 67.9 cm³/mol. The molecule has 0 fully saturated rings. The van der Waals surface area contributed by atoms with E-state index in [-0.39, 0.29) is 0 Å². The SMILES string of the molecule is C(=C/c1ccccc1)/C=N/c1ccccn1. The van der Waals surface area contributed by atoms with Gasteiger partial charge in [0.15, 0.2) is 5.82 Å². The first kappa shape index (κ1) is 10.3. The van der Waals surface area contributed by atoms with Gasteiger partial charge in [-0.1, -0.05) is 42.5 Å². The Morgan fingerprint density at radius 2 is 1.75 bits per heavy atom. The minimum Gasteiger partial charge on any atom is -0.237 e. The van der Waals surface area contributed by atoms with Crippen LogP contribution >= 0.6 is 0 Å². The molecular formula is C14H12N2. The molecule has 1 heterocycles. The highest BCUT2D eigenvalue weighted by Gasteiger charge is 1.83. The molecule has 1 aromatic carbocycles. The zero-order valence-electron chi connectivity index (χ0n) is 8.82. The predicted octanol–water partition coefficient (Wildman–Crippen LogP) is 3.50. The number of pyridine rings is 1. The number of aliphatic imine (C=N–C) groups is 1. The molecule has 0 aliphatic heterocycles. The quantitative estimate of drug-likeness (QED) is 0.709. The number of allylic oxidation sites excluding steroid dienone is 1. The Morgan fingerprint density at radius 1 is 0.938 bits per heavy atom. The third-order valence-corrected chi connectivity index (χ3v) is 2.03. The number of nitrogens with zero attached hydrogens (tertiary/aromatic N) is 2. The average Bonchev–Trinajstić information content (AvgIpc) is 2.37. The van der Waals surface area contributed by atoms with Crippen LogP contribution in [-0.4, -0.2) is 11.2 Å². The van der Waals surface area contributed by atoms with Crippen LogP contribution in [0.3, 0.4) is 0 Å². The van der Waals surface area contributed by atoms with Crippen molar-refractivity contribution in [2.24, 2.45) is 4.99 Å². The molecule has 0 saturated heterocycles. The molecule has 16 heavy (non-hydrogen) atoms. The minimum absolute atomic E-state index is 0.722. The highest BCUT2D eigenvalue weighted by Crippen LogP contribution is 2.04. The Balaban J connectivity index is 1.98. The Kier molecular flexibility index (Phi) is 3.61. The van der Waals surface area contributed by atoms with Crippen LogP contribution in [-0.2, 0) is 0 Å². The molecule has 0 radical (unpaired) electrons. The Morgan fingerprint density at radius 3 is 2.50 bits per heavy atom. The molecule has 0 unspecified atom stereocenters. The van der Waals surface area contributed by atoms with Crippen LogP contribution in [0.15, 0.2) is 65.8 Å². The van der Waals surface area contributed by atoms with Gasteiger partial charge in [0.1, 0.15) is 0 Å². The number of benzene rings is 1. The van der Waals surface area contributed by atoms with Crippen molar-refractivity contribution in [3.63, 3.8) is 0 Å². The first-order valence-corrected chi connectivity index (χ1v) is 5.12. The molecule has 2 nitrogen and oxygen atoms in total. The summed E-state index contributed by atoms with van der Waals surface area (Å²) in [6.45, 7) is 0. The van der Waals surface area contributed by atoms with Crippen LogP contribution in [0.1, 0.15) is 5.56 Å². The Bertz CT molecular complexity index is 425. The smallest absolute Gasteiger partial charge is 0.151 e. The van der Waals surface area contributed by atoms with E-state index in [4.69, 9.17) is 0 Å². The molecule has 0 spiro atoms. The van der Waals surface area contributed by atoms with E-state index in [0.717, 1.165) is 11.4 Å². The van der Waals surface area contributed by atoms with Crippen molar-refractivity contribution in [1.82, 2.24) is 4.98 Å². The summed E-state index contributed by atoms with van der Waals surface area (Å²) in [5, 5.41) is 0. The Hall–Kier alpha value is -2.22. The monoisotopic (exact) mass is 208 g/mol. The number of rotatable bonds is 3. The van der Waals surface area contributed by atoms with Gasteiger partial charge in [0.25, 0.3) is 0 Å². The highest BCUT2D eigenvalue weighted by atomic mass is 14.9. The first-order valence-electron chi connectivity index (χ1n) is 5.12. The fourth-order valence-corrected chi connectivity index (χ4v) is 1.27. The van der Waals surface area contributed by atoms with Crippen molar-refractivity contribution in [2.75, 3.05) is 0 Å². The van der Waals surface area contributed by atoms with Crippen molar-refractivity contribution in [3.05, 3.63) is 66.4 Å². The summed E-state index contributed by atoms with van der Waals surface area (Å²) < 4.78 is 0. The molecule has 0 amide bonds. The van der Waals surface area contributed by atoms with Gasteiger partial charge >= 0.3 is 0 Å². The second kappa shape index (κ2) is 5.61. The summed E-state index contributed by atoms with van der Waals surface area (Å²) in [6, 6.07) is 15.8. The maximum atomic E-state index is 4.20. The van der Waals surface area contributed by atoms with Crippen LogP contribution in [0.2, 0.25) is 0 Å². The van der Waals surface area contributed by atoms with E-state index < -0.39 is 0 Å². The van der Waals surface area contributed by atoms with Crippen LogP contribution in [0, 0.1) is 0 Å². The van der Waals surface area contributed by atoms with Gasteiger partial charge < -0.3 is 0 Å². The van der Waals surface area contributed by atoms with Gasteiger partial charge in [-0.15, -0.1) is 0 Å². The van der Waals surface area contributed by atoms with Gasteiger partial charge in [-0.3, -0.25) is 0 Å². The van der Waals surface area contributed by atoms with E-state index in [1.54, 1.807) is 12.4 Å². The van der Waals surface area contributed by atoms with Gasteiger partial charge in [-0.25, -0.2) is 9.98 Å². The molecule has 0 atom stereocenters. The van der Waals surface area contributed by atoms with Crippen molar-refractivity contribution in [2.45, 2.75) is 0 Å². The number of hydrogen-bond donors (Lipinski definition) is 0. The molecule has 0 aliphatic carbocycles. The van der Waals surface area contributed by atoms with Crippen LogP contribution < -0.4 is 0 Å². The topological polar surface area (TPSA) is 25.2 Å². The lowest BCUT2D eigenvalue weighted by Gasteiger charge is -1.89. The summed E-state index contributed by atoms with van der Waals surface area (Å²) in [5.74, 6) is 0.722. The Labute approximate surface area is 95.0 Å². The van der Waals surface area contributed by atoms with Gasteiger partial charge in [-0.05, 0) is 23.8 Å². The summed E-state index contributed by atoms with van der Waals surface area (Å²) in [6.07, 6.45) is 7.39. The fraction of sp³-hybridized carbons (Fsp3) is 0. The lowest BCUT2D eigenvalue weighted by molar-refractivity contribution is 1.28. The molecule has 2 rings (SSSR count). The summed E-state index contributed by atoms with van der Waals surface area (Å²) in [4.78, 5) is 8.29. The van der Waals surface area contributed by atoms with Crippen LogP contribution in [0.5, 0.6) is 0 Å². The zero-order valence-corrected chi connectivity index (χ0v) is 8.82. The average molecular weight is 208 g/mol. The first-order chi connectivity index (χ1) is 7.95. The van der Waals surface area contributed by atoms with Gasteiger partial charge in [-0.2, -0.15) is 0 Å². The molecule has 0 aliphatic rings. The summed E-state index contributed by atoms with van der Waals surface area (Å²) >= 11 is 0. The molecule has 0 N–H and O–H groups in total. The maximum Gasteiger partial charge on any atom is 0.151 e. The van der Waals surface area contributed by atoms with Crippen molar-refractivity contribution in [3.8, 4) is 0 Å². The second-order valence-electron chi connectivity index (χ2n) is 3.24. The highest BCUT2D eigenvalue weighted by molar-refractivity contribution is 5.79. The largest absolute Gasteiger partial charge is 0.237 e. The van der Waals surface area contributed by atoms with E-state index in [0.29, 0.717) is 0 Å². The minimum atomic E-state index is 0.722. The fourth-order valence-electron chi connectivity index (χ4n) is 1.27. The third kappa shape index (κ3) is 3.17. The van der Waals surface area contributed by atoms with E-state index in [1.807, 2.05) is 60.7 Å². The maximum absolute atomic E-state index is 4.20. The lowest BCUT2D eigenvalue weighted by atomic mass is 10.2. The molecular weight excluding hydrogens is 196 g/mol. The zero-order chi connectivity index (χ0) is 11.1. The lowest BCUT2D eigenvalue weighted by Crippen LogP contribution is -1.72. The van der Waals surface area contributed by atoms with Crippen molar-refractivity contribution in [1.29, 1.82) is 0 Å². The standard InChI is InChI=1S/C14H12N2/c1-2-7-13(8-3-1)9-6-12-16-14-10-4-5-11-15-14/h1-12H/b9-6-,16-12+. The molecule has 0 bridgehead atoms. The van der Waals surface area contributed by atoms with Crippen molar-refractivity contribution >= 4 is 18.1 Å². The normalized spacial score (nSPS) is 11.2. The van der Waals surface area contributed by atoms with Gasteiger partial charge in [0.05, 0.1) is 0 Å². The molecule has 78 valence electrons. The van der Waals surface area contributed by atoms with E-state index in [9.17, 15) is 0 Å². The van der Waals surface area contributed by atoms with E-state index >= 15 is 0 Å². The van der Waals surface area contributed by atoms with Gasteiger partial charge in [0, 0.05) is 12.4 Å². The molecule has 1 aromatic heterocycles. The van der Waals surface area contributed by atoms with Crippen LogP contribution in [0.4, 0.5) is 5.82 Å². The molecule has 2 heteroatoms. The number of hydrogen-bond acceptors (Lipinski definition) is 2. The second-order valence-corrected chi connectivity index (χ2v) is 3.24.